The Kier molecular flexibility index (Phi) is 4.04. The van der Waals surface area contributed by atoms with Crippen LogP contribution in [0, 0.1) is 6.92 Å². The van der Waals surface area contributed by atoms with Gasteiger partial charge in [-0.05, 0) is 13.0 Å². The van der Waals surface area contributed by atoms with Crippen molar-refractivity contribution in [3.63, 3.8) is 0 Å². The molecule has 116 valence electrons. The Bertz CT molecular complexity index is 689. The second-order valence-corrected chi connectivity index (χ2v) is 4.82. The highest BCUT2D eigenvalue weighted by Gasteiger charge is 2.59. The summed E-state index contributed by atoms with van der Waals surface area (Å²) in [4.78, 5) is 12.3. The fraction of sp³-hybridized carbons (Fsp3) is 0.188. The molecule has 0 saturated carbocycles. The molecule has 0 bridgehead atoms. The highest BCUT2D eigenvalue weighted by Crippen LogP contribution is 2.45. The quantitative estimate of drug-likeness (QED) is 0.583. The summed E-state index contributed by atoms with van der Waals surface area (Å²) < 4.78 is 65.3. The molecule has 2 rings (SSSR count). The predicted molar refractivity (Wildman–Crippen MR) is 71.0 cm³/mol. The average molecular weight is 314 g/mol. The van der Waals surface area contributed by atoms with E-state index >= 15 is 0 Å². The van der Waals surface area contributed by atoms with E-state index in [9.17, 15) is 26.7 Å². The summed E-state index contributed by atoms with van der Waals surface area (Å²) in [6.45, 7) is 1.38. The molecule has 2 aromatic rings. The number of hydrogen-bond acceptors (Lipinski definition) is 1. The van der Waals surface area contributed by atoms with E-state index in [1.54, 1.807) is 6.07 Å². The smallest absolute Gasteiger partial charge is 0.289 e. The molecule has 6 heteroatoms. The summed E-state index contributed by atoms with van der Waals surface area (Å²) in [6.07, 6.45) is -5.77. The zero-order valence-electron chi connectivity index (χ0n) is 11.4. The van der Waals surface area contributed by atoms with Gasteiger partial charge in [-0.3, -0.25) is 4.79 Å². The minimum absolute atomic E-state index is 0.0468. The van der Waals surface area contributed by atoms with Crippen molar-refractivity contribution in [3.05, 3.63) is 70.8 Å². The van der Waals surface area contributed by atoms with Crippen LogP contribution in [0.25, 0.3) is 0 Å². The number of hydrogen-bond donors (Lipinski definition) is 0. The number of halogens is 5. The van der Waals surface area contributed by atoms with Crippen LogP contribution in [0.1, 0.15) is 27.0 Å². The van der Waals surface area contributed by atoms with E-state index in [1.165, 1.54) is 37.3 Å². The molecule has 22 heavy (non-hydrogen) atoms. The van der Waals surface area contributed by atoms with E-state index in [0.29, 0.717) is 6.07 Å². The summed E-state index contributed by atoms with van der Waals surface area (Å²) in [5.74, 6) is -5.97. The number of benzene rings is 2. The summed E-state index contributed by atoms with van der Waals surface area (Å²) >= 11 is 0. The lowest BCUT2D eigenvalue weighted by Crippen LogP contribution is -2.35. The molecule has 0 aromatic heterocycles. The van der Waals surface area contributed by atoms with Gasteiger partial charge in [-0.15, -0.1) is 0 Å². The first kappa shape index (κ1) is 16.1. The van der Waals surface area contributed by atoms with E-state index < -0.39 is 29.0 Å². The van der Waals surface area contributed by atoms with E-state index in [1.807, 2.05) is 0 Å². The van der Waals surface area contributed by atoms with Crippen LogP contribution in [-0.2, 0) is 5.92 Å². The topological polar surface area (TPSA) is 17.1 Å². The molecular weight excluding hydrogens is 303 g/mol. The lowest BCUT2D eigenvalue weighted by atomic mass is 9.93. The van der Waals surface area contributed by atoms with Crippen LogP contribution >= 0.6 is 0 Å². The first-order valence-electron chi connectivity index (χ1n) is 6.30. The Hall–Kier alpha value is -2.24. The number of aryl methyl sites for hydroxylation is 1. The molecule has 0 aliphatic carbocycles. The van der Waals surface area contributed by atoms with Gasteiger partial charge < -0.3 is 0 Å². The van der Waals surface area contributed by atoms with Gasteiger partial charge in [0.05, 0.1) is 0 Å². The second-order valence-electron chi connectivity index (χ2n) is 4.82. The lowest BCUT2D eigenvalue weighted by Gasteiger charge is -2.22. The molecule has 0 heterocycles. The summed E-state index contributed by atoms with van der Waals surface area (Å²) in [6, 6.07) is 10.4. The normalized spacial score (nSPS) is 12.3. The molecule has 1 nitrogen and oxygen atoms in total. The largest absolute Gasteiger partial charge is 0.458 e. The van der Waals surface area contributed by atoms with Crippen LogP contribution in [0.15, 0.2) is 48.5 Å². The summed E-state index contributed by atoms with van der Waals surface area (Å²) in [5.41, 5.74) is -1.72. The zero-order valence-corrected chi connectivity index (χ0v) is 11.4. The van der Waals surface area contributed by atoms with Crippen molar-refractivity contribution in [2.24, 2.45) is 0 Å². The van der Waals surface area contributed by atoms with Crippen molar-refractivity contribution < 1.29 is 26.7 Å². The second kappa shape index (κ2) is 5.51. The van der Waals surface area contributed by atoms with Crippen LogP contribution in [-0.4, -0.2) is 12.0 Å². The molecule has 0 N–H and O–H groups in total. The SMILES string of the molecule is Cc1ccc(C(=O)c2ccccc2)c(C(F)(F)C(F)(F)F)c1. The van der Waals surface area contributed by atoms with Crippen LogP contribution in [0.4, 0.5) is 22.0 Å². The number of rotatable bonds is 3. The predicted octanol–water partition coefficient (Wildman–Crippen LogP) is 4.88. The van der Waals surface area contributed by atoms with Crippen molar-refractivity contribution in [1.82, 2.24) is 0 Å². The zero-order chi connectivity index (χ0) is 16.5. The van der Waals surface area contributed by atoms with E-state index in [-0.39, 0.29) is 11.1 Å². The molecule has 0 spiro atoms. The molecule has 0 radical (unpaired) electrons. The Morgan fingerprint density at radius 1 is 0.909 bits per heavy atom. The van der Waals surface area contributed by atoms with E-state index in [2.05, 4.69) is 0 Å². The van der Waals surface area contributed by atoms with E-state index in [0.717, 1.165) is 6.07 Å². The van der Waals surface area contributed by atoms with Crippen LogP contribution in [0.5, 0.6) is 0 Å². The van der Waals surface area contributed by atoms with Gasteiger partial charge in [-0.25, -0.2) is 0 Å². The van der Waals surface area contributed by atoms with Crippen molar-refractivity contribution in [1.29, 1.82) is 0 Å². The van der Waals surface area contributed by atoms with Gasteiger partial charge in [0.15, 0.2) is 5.78 Å². The van der Waals surface area contributed by atoms with Gasteiger partial charge in [0.25, 0.3) is 0 Å². The van der Waals surface area contributed by atoms with Crippen LogP contribution < -0.4 is 0 Å². The third kappa shape index (κ3) is 2.86. The minimum Gasteiger partial charge on any atom is -0.289 e. The maximum absolute atomic E-state index is 13.7. The van der Waals surface area contributed by atoms with Gasteiger partial charge in [0, 0.05) is 16.7 Å². The average Bonchev–Trinajstić information content (AvgIpc) is 2.46. The Morgan fingerprint density at radius 2 is 1.50 bits per heavy atom. The monoisotopic (exact) mass is 314 g/mol. The molecule has 0 fully saturated rings. The Balaban J connectivity index is 2.62. The van der Waals surface area contributed by atoms with Gasteiger partial charge >= 0.3 is 12.1 Å². The molecule has 0 saturated heterocycles. The van der Waals surface area contributed by atoms with Crippen molar-refractivity contribution in [2.45, 2.75) is 19.0 Å². The molecule has 0 aliphatic rings. The third-order valence-electron chi connectivity index (χ3n) is 3.15. The van der Waals surface area contributed by atoms with Crippen LogP contribution in [0.3, 0.4) is 0 Å². The third-order valence-corrected chi connectivity index (χ3v) is 3.15. The lowest BCUT2D eigenvalue weighted by molar-refractivity contribution is -0.289. The fourth-order valence-corrected chi connectivity index (χ4v) is 2.01. The van der Waals surface area contributed by atoms with Crippen LogP contribution in [0.2, 0.25) is 0 Å². The van der Waals surface area contributed by atoms with Gasteiger partial charge in [-0.2, -0.15) is 22.0 Å². The summed E-state index contributed by atoms with van der Waals surface area (Å²) in [7, 11) is 0. The summed E-state index contributed by atoms with van der Waals surface area (Å²) in [5, 5.41) is 0. The van der Waals surface area contributed by atoms with E-state index in [4.69, 9.17) is 0 Å². The highest BCUT2D eigenvalue weighted by molar-refractivity contribution is 6.10. The maximum Gasteiger partial charge on any atom is 0.458 e. The standard InChI is InChI=1S/C16H11F5O/c1-10-7-8-12(14(22)11-5-3-2-4-6-11)13(9-10)15(17,18)16(19,20)21/h2-9H,1H3. The number of alkyl halides is 5. The molecular formula is C16H11F5O. The molecule has 0 aliphatic heterocycles. The minimum atomic E-state index is -5.77. The van der Waals surface area contributed by atoms with Crippen molar-refractivity contribution in [3.8, 4) is 0 Å². The highest BCUT2D eigenvalue weighted by atomic mass is 19.4. The van der Waals surface area contributed by atoms with Gasteiger partial charge in [0.2, 0.25) is 0 Å². The van der Waals surface area contributed by atoms with Gasteiger partial charge in [-0.1, -0.05) is 48.0 Å². The Labute approximate surface area is 123 Å². The maximum atomic E-state index is 13.7. The molecule has 2 aromatic carbocycles. The fourth-order valence-electron chi connectivity index (χ4n) is 2.01. The number of carbonyl (C=O) groups is 1. The molecule has 0 amide bonds. The number of ketones is 1. The first-order valence-corrected chi connectivity index (χ1v) is 6.30. The number of carbonyl (C=O) groups excluding carboxylic acids is 1. The van der Waals surface area contributed by atoms with Gasteiger partial charge in [0.1, 0.15) is 0 Å². The first-order chi connectivity index (χ1) is 10.1. The van der Waals surface area contributed by atoms with Crippen molar-refractivity contribution >= 4 is 5.78 Å². The van der Waals surface area contributed by atoms with Crippen molar-refractivity contribution in [2.75, 3.05) is 0 Å². The molecule has 0 unspecified atom stereocenters. The molecule has 0 atom stereocenters. The Morgan fingerprint density at radius 3 is 2.05 bits per heavy atom.